The number of nitrogens with two attached hydrogens (primary N) is 1. The van der Waals surface area contributed by atoms with Crippen LogP contribution < -0.4 is 5.73 Å². The highest BCUT2D eigenvalue weighted by Crippen LogP contribution is 2.23. The molecule has 2 aliphatic heterocycles. The molecule has 0 atom stereocenters. The molecule has 2 N–H and O–H groups in total. The first-order chi connectivity index (χ1) is 5.92. The van der Waals surface area contributed by atoms with Crippen molar-refractivity contribution in [3.8, 4) is 0 Å². The van der Waals surface area contributed by atoms with Crippen molar-refractivity contribution in [2.45, 2.75) is 6.42 Å². The molecule has 62 valence electrons. The van der Waals surface area contributed by atoms with Crippen LogP contribution in [0.1, 0.15) is 6.42 Å². The summed E-state index contributed by atoms with van der Waals surface area (Å²) >= 11 is 0. The van der Waals surface area contributed by atoms with Gasteiger partial charge in [0.1, 0.15) is 0 Å². The van der Waals surface area contributed by atoms with Crippen LogP contribution in [0.5, 0.6) is 0 Å². The van der Waals surface area contributed by atoms with Crippen LogP contribution in [-0.4, -0.2) is 11.4 Å². The topological polar surface area (TPSA) is 29.3 Å². The Morgan fingerprint density at radius 2 is 2.25 bits per heavy atom. The fourth-order valence-corrected chi connectivity index (χ4v) is 1.49. The largest absolute Gasteiger partial charge is 0.327 e. The van der Waals surface area contributed by atoms with Crippen LogP contribution in [0.25, 0.3) is 0 Å². The molecule has 0 aliphatic carbocycles. The number of nitrogens with zero attached hydrogens (tertiary/aromatic N) is 1. The number of allylic oxidation sites excluding steroid dienone is 4. The third-order valence-electron chi connectivity index (χ3n) is 2.13. The maximum absolute atomic E-state index is 5.63. The zero-order valence-corrected chi connectivity index (χ0v) is 6.90. The molecule has 2 nitrogen and oxygen atoms in total. The van der Waals surface area contributed by atoms with E-state index in [-0.39, 0.29) is 0 Å². The molecule has 0 spiro atoms. The van der Waals surface area contributed by atoms with E-state index in [4.69, 9.17) is 5.73 Å². The summed E-state index contributed by atoms with van der Waals surface area (Å²) in [4.78, 5) is 2.10. The minimum absolute atomic E-state index is 0.647. The number of hydrogen-bond donors (Lipinski definition) is 1. The average Bonchev–Trinajstić information content (AvgIpc) is 2.17. The molecule has 0 aromatic rings. The average molecular weight is 160 g/mol. The summed E-state index contributed by atoms with van der Waals surface area (Å²) in [5.74, 6) is 0. The molecule has 0 aromatic carbocycles. The predicted molar refractivity (Wildman–Crippen MR) is 50.0 cm³/mol. The second-order valence-electron chi connectivity index (χ2n) is 2.89. The van der Waals surface area contributed by atoms with E-state index < -0.39 is 0 Å². The maximum Gasteiger partial charge on any atom is 0.0457 e. The Labute approximate surface area is 72.4 Å². The minimum Gasteiger partial charge on any atom is -0.327 e. The molecule has 0 aromatic heterocycles. The minimum atomic E-state index is 0.647. The lowest BCUT2D eigenvalue weighted by molar-refractivity contribution is 0.613. The molecule has 0 saturated heterocycles. The van der Waals surface area contributed by atoms with Crippen molar-refractivity contribution in [2.75, 3.05) is 6.54 Å². The molecule has 2 aliphatic rings. The van der Waals surface area contributed by atoms with Crippen LogP contribution in [0.3, 0.4) is 0 Å². The van der Waals surface area contributed by atoms with Crippen molar-refractivity contribution in [1.29, 1.82) is 0 Å². The molecule has 0 saturated carbocycles. The zero-order valence-electron chi connectivity index (χ0n) is 6.90. The second kappa shape index (κ2) is 2.99. The lowest BCUT2D eigenvalue weighted by atomic mass is 10.1. The summed E-state index contributed by atoms with van der Waals surface area (Å²) < 4.78 is 0. The van der Waals surface area contributed by atoms with E-state index in [9.17, 15) is 0 Å². The van der Waals surface area contributed by atoms with Gasteiger partial charge in [0.05, 0.1) is 0 Å². The van der Waals surface area contributed by atoms with Crippen LogP contribution >= 0.6 is 0 Å². The van der Waals surface area contributed by atoms with E-state index in [0.29, 0.717) is 6.54 Å². The van der Waals surface area contributed by atoms with Crippen LogP contribution in [0.2, 0.25) is 0 Å². The fraction of sp³-hybridized carbons (Fsp3) is 0.200. The molecule has 0 radical (unpaired) electrons. The van der Waals surface area contributed by atoms with E-state index in [2.05, 4.69) is 23.3 Å². The summed E-state index contributed by atoms with van der Waals surface area (Å²) in [5, 5.41) is 0. The lowest BCUT2D eigenvalue weighted by Gasteiger charge is -2.25. The molecule has 0 amide bonds. The van der Waals surface area contributed by atoms with Crippen LogP contribution in [0.4, 0.5) is 0 Å². The molecule has 2 heterocycles. The highest BCUT2D eigenvalue weighted by molar-refractivity contribution is 5.37. The standard InChI is InChI=1S/C10H12N2/c11-8-9-4-3-7-12-6-2-1-5-10(9)12/h1-3,5-7H,4,8,11H2. The maximum atomic E-state index is 5.63. The van der Waals surface area contributed by atoms with E-state index in [1.54, 1.807) is 0 Å². The Bertz CT molecular complexity index is 295. The third-order valence-corrected chi connectivity index (χ3v) is 2.13. The van der Waals surface area contributed by atoms with E-state index in [0.717, 1.165) is 6.42 Å². The summed E-state index contributed by atoms with van der Waals surface area (Å²) in [5.41, 5.74) is 8.18. The Kier molecular flexibility index (Phi) is 1.84. The zero-order chi connectivity index (χ0) is 8.39. The summed E-state index contributed by atoms with van der Waals surface area (Å²) in [6, 6.07) is 0. The van der Waals surface area contributed by atoms with E-state index in [1.165, 1.54) is 11.3 Å². The fourth-order valence-electron chi connectivity index (χ4n) is 1.49. The van der Waals surface area contributed by atoms with Crippen LogP contribution in [0, 0.1) is 0 Å². The first-order valence-electron chi connectivity index (χ1n) is 4.14. The van der Waals surface area contributed by atoms with E-state index in [1.807, 2.05) is 18.4 Å². The Hall–Kier alpha value is -1.28. The van der Waals surface area contributed by atoms with Crippen molar-refractivity contribution in [3.63, 3.8) is 0 Å². The highest BCUT2D eigenvalue weighted by atomic mass is 15.1. The van der Waals surface area contributed by atoms with Gasteiger partial charge < -0.3 is 10.6 Å². The summed E-state index contributed by atoms with van der Waals surface area (Å²) in [7, 11) is 0. The van der Waals surface area contributed by atoms with Crippen molar-refractivity contribution < 1.29 is 0 Å². The first-order valence-corrected chi connectivity index (χ1v) is 4.14. The van der Waals surface area contributed by atoms with E-state index >= 15 is 0 Å². The summed E-state index contributed by atoms with van der Waals surface area (Å²) in [6.45, 7) is 0.647. The van der Waals surface area contributed by atoms with Gasteiger partial charge in [-0.25, -0.2) is 0 Å². The van der Waals surface area contributed by atoms with Gasteiger partial charge in [-0.2, -0.15) is 0 Å². The molecular weight excluding hydrogens is 148 g/mol. The summed E-state index contributed by atoms with van der Waals surface area (Å²) in [6.07, 6.45) is 13.4. The Morgan fingerprint density at radius 1 is 1.33 bits per heavy atom. The molecule has 12 heavy (non-hydrogen) atoms. The SMILES string of the molecule is NCC1=C2C=CC=CN2C=CC1. The molecule has 0 bridgehead atoms. The number of hydrogen-bond acceptors (Lipinski definition) is 2. The molecular formula is C10H12N2. The van der Waals surface area contributed by atoms with Gasteiger partial charge in [-0.3, -0.25) is 0 Å². The first kappa shape index (κ1) is 7.37. The van der Waals surface area contributed by atoms with Gasteiger partial charge >= 0.3 is 0 Å². The Balaban J connectivity index is 2.37. The Morgan fingerprint density at radius 3 is 3.08 bits per heavy atom. The van der Waals surface area contributed by atoms with Gasteiger partial charge in [-0.05, 0) is 24.1 Å². The van der Waals surface area contributed by atoms with Gasteiger partial charge in [-0.1, -0.05) is 12.2 Å². The smallest absolute Gasteiger partial charge is 0.0457 e. The van der Waals surface area contributed by atoms with Crippen molar-refractivity contribution in [1.82, 2.24) is 4.90 Å². The monoisotopic (exact) mass is 160 g/mol. The predicted octanol–water partition coefficient (Wildman–Crippen LogP) is 1.50. The molecule has 2 rings (SSSR count). The number of rotatable bonds is 1. The van der Waals surface area contributed by atoms with Gasteiger partial charge in [0, 0.05) is 24.6 Å². The quantitative estimate of drug-likeness (QED) is 0.630. The van der Waals surface area contributed by atoms with Crippen molar-refractivity contribution in [2.24, 2.45) is 5.73 Å². The van der Waals surface area contributed by atoms with Gasteiger partial charge in [0.25, 0.3) is 0 Å². The van der Waals surface area contributed by atoms with Crippen LogP contribution in [0.15, 0.2) is 48.0 Å². The second-order valence-corrected chi connectivity index (χ2v) is 2.89. The van der Waals surface area contributed by atoms with Crippen molar-refractivity contribution in [3.05, 3.63) is 48.0 Å². The molecule has 2 heteroatoms. The third kappa shape index (κ3) is 1.10. The van der Waals surface area contributed by atoms with Gasteiger partial charge in [0.2, 0.25) is 0 Å². The lowest BCUT2D eigenvalue weighted by Crippen LogP contribution is -2.18. The van der Waals surface area contributed by atoms with Crippen molar-refractivity contribution >= 4 is 0 Å². The normalized spacial score (nSPS) is 20.2. The molecule has 0 fully saturated rings. The number of fused-ring (bicyclic) bond motifs is 1. The van der Waals surface area contributed by atoms with Gasteiger partial charge in [0.15, 0.2) is 0 Å². The van der Waals surface area contributed by atoms with Gasteiger partial charge in [-0.15, -0.1) is 0 Å². The van der Waals surface area contributed by atoms with Crippen LogP contribution in [-0.2, 0) is 0 Å². The molecule has 0 unspecified atom stereocenters. The highest BCUT2D eigenvalue weighted by Gasteiger charge is 2.11.